The van der Waals surface area contributed by atoms with Crippen molar-refractivity contribution in [2.45, 2.75) is 38.3 Å². The lowest BCUT2D eigenvalue weighted by molar-refractivity contribution is 0.249. The molecular formula is C15H21N3O. The highest BCUT2D eigenvalue weighted by Crippen LogP contribution is 2.31. The van der Waals surface area contributed by atoms with Crippen LogP contribution in [0.1, 0.15) is 31.2 Å². The summed E-state index contributed by atoms with van der Waals surface area (Å²) < 4.78 is 0. The lowest BCUT2D eigenvalue weighted by atomic mass is 9.99. The van der Waals surface area contributed by atoms with Crippen molar-refractivity contribution < 1.29 is 4.79 Å². The quantitative estimate of drug-likeness (QED) is 0.874. The van der Waals surface area contributed by atoms with E-state index < -0.39 is 0 Å². The lowest BCUT2D eigenvalue weighted by Gasteiger charge is -2.18. The Balaban J connectivity index is 1.75. The fraction of sp³-hybridized carbons (Fsp3) is 0.533. The number of carbonyl (C=O) groups excluding carboxylic acids is 1. The van der Waals surface area contributed by atoms with Crippen LogP contribution >= 0.6 is 0 Å². The third-order valence-electron chi connectivity index (χ3n) is 4.36. The van der Waals surface area contributed by atoms with E-state index >= 15 is 0 Å². The van der Waals surface area contributed by atoms with E-state index in [1.807, 2.05) is 29.2 Å². The maximum absolute atomic E-state index is 12.1. The molecule has 1 aromatic carbocycles. The molecule has 4 heteroatoms. The van der Waals surface area contributed by atoms with E-state index in [1.54, 1.807) is 0 Å². The van der Waals surface area contributed by atoms with Crippen LogP contribution in [0.15, 0.2) is 24.3 Å². The summed E-state index contributed by atoms with van der Waals surface area (Å²) in [5.74, 6) is 0.659. The van der Waals surface area contributed by atoms with Crippen molar-refractivity contribution in [3.63, 3.8) is 0 Å². The molecule has 19 heavy (non-hydrogen) atoms. The molecule has 3 N–H and O–H groups in total. The van der Waals surface area contributed by atoms with Crippen LogP contribution in [0.25, 0.3) is 0 Å². The average molecular weight is 259 g/mol. The summed E-state index contributed by atoms with van der Waals surface area (Å²) in [6.45, 7) is 1.30. The summed E-state index contributed by atoms with van der Waals surface area (Å²) in [5.41, 5.74) is 7.68. The second-order valence-electron chi connectivity index (χ2n) is 5.59. The summed E-state index contributed by atoms with van der Waals surface area (Å²) in [4.78, 5) is 14.0. The van der Waals surface area contributed by atoms with E-state index in [-0.39, 0.29) is 6.03 Å². The van der Waals surface area contributed by atoms with Crippen LogP contribution in [0.3, 0.4) is 0 Å². The largest absolute Gasteiger partial charge is 0.333 e. The number of nitrogens with one attached hydrogen (secondary N) is 1. The molecule has 102 valence electrons. The molecule has 1 unspecified atom stereocenters. The molecule has 4 nitrogen and oxygen atoms in total. The average Bonchev–Trinajstić information content (AvgIpc) is 3.07. The number of carbonyl (C=O) groups is 1. The van der Waals surface area contributed by atoms with Gasteiger partial charge in [-0.05, 0) is 36.5 Å². The molecule has 1 saturated heterocycles. The third-order valence-corrected chi connectivity index (χ3v) is 4.36. The summed E-state index contributed by atoms with van der Waals surface area (Å²) in [5, 5.41) is 3.14. The summed E-state index contributed by atoms with van der Waals surface area (Å²) in [6.07, 6.45) is 5.11. The normalized spacial score (nSPS) is 23.9. The minimum Gasteiger partial charge on any atom is -0.333 e. The van der Waals surface area contributed by atoms with Gasteiger partial charge in [0.1, 0.15) is 0 Å². The van der Waals surface area contributed by atoms with E-state index in [9.17, 15) is 4.79 Å². The van der Waals surface area contributed by atoms with Gasteiger partial charge in [-0.2, -0.15) is 0 Å². The molecule has 0 aromatic heterocycles. The Labute approximate surface area is 114 Å². The van der Waals surface area contributed by atoms with Crippen molar-refractivity contribution in [3.05, 3.63) is 29.8 Å². The van der Waals surface area contributed by atoms with Gasteiger partial charge in [0.15, 0.2) is 0 Å². The van der Waals surface area contributed by atoms with Crippen LogP contribution in [0.4, 0.5) is 10.5 Å². The van der Waals surface area contributed by atoms with Crippen molar-refractivity contribution in [2.24, 2.45) is 11.7 Å². The monoisotopic (exact) mass is 259 g/mol. The molecule has 1 aliphatic heterocycles. The molecule has 0 radical (unpaired) electrons. The molecule has 1 atom stereocenters. The first kappa shape index (κ1) is 12.5. The van der Waals surface area contributed by atoms with Crippen LogP contribution in [-0.2, 0) is 6.54 Å². The maximum Gasteiger partial charge on any atom is 0.322 e. The second-order valence-corrected chi connectivity index (χ2v) is 5.59. The Morgan fingerprint density at radius 1 is 1.32 bits per heavy atom. The highest BCUT2D eigenvalue weighted by molar-refractivity contribution is 5.94. The SMILES string of the molecule is NCc1cccc(N2CC(C3CCCC3)NC2=O)c1. The topological polar surface area (TPSA) is 58.4 Å². The molecule has 2 aliphatic rings. The van der Waals surface area contributed by atoms with E-state index in [0.717, 1.165) is 17.8 Å². The van der Waals surface area contributed by atoms with Gasteiger partial charge >= 0.3 is 6.03 Å². The number of amides is 2. The Kier molecular flexibility index (Phi) is 3.42. The predicted molar refractivity (Wildman–Crippen MR) is 76.0 cm³/mol. The van der Waals surface area contributed by atoms with Crippen molar-refractivity contribution in [1.82, 2.24) is 5.32 Å². The second kappa shape index (κ2) is 5.21. The molecule has 1 aliphatic carbocycles. The van der Waals surface area contributed by atoms with Gasteiger partial charge in [0.25, 0.3) is 0 Å². The molecule has 1 heterocycles. The van der Waals surface area contributed by atoms with E-state index in [1.165, 1.54) is 25.7 Å². The molecule has 3 rings (SSSR count). The Morgan fingerprint density at radius 3 is 2.84 bits per heavy atom. The number of nitrogens with zero attached hydrogens (tertiary/aromatic N) is 1. The van der Waals surface area contributed by atoms with Crippen molar-refractivity contribution in [2.75, 3.05) is 11.4 Å². The van der Waals surface area contributed by atoms with Crippen LogP contribution in [-0.4, -0.2) is 18.6 Å². The standard InChI is InChI=1S/C15H21N3O/c16-9-11-4-3-7-13(8-11)18-10-14(17-15(18)19)12-5-1-2-6-12/h3-4,7-8,12,14H,1-2,5-6,9-10,16H2,(H,17,19). The van der Waals surface area contributed by atoms with Gasteiger partial charge in [0, 0.05) is 18.8 Å². The molecular weight excluding hydrogens is 238 g/mol. The van der Waals surface area contributed by atoms with Gasteiger partial charge in [0.2, 0.25) is 0 Å². The Morgan fingerprint density at radius 2 is 2.11 bits per heavy atom. The molecule has 1 aromatic rings. The van der Waals surface area contributed by atoms with Crippen LogP contribution in [0.5, 0.6) is 0 Å². The van der Waals surface area contributed by atoms with Gasteiger partial charge in [-0.15, -0.1) is 0 Å². The minimum absolute atomic E-state index is 0.0334. The van der Waals surface area contributed by atoms with Crippen LogP contribution in [0.2, 0.25) is 0 Å². The highest BCUT2D eigenvalue weighted by atomic mass is 16.2. The smallest absolute Gasteiger partial charge is 0.322 e. The summed E-state index contributed by atoms with van der Waals surface area (Å²) >= 11 is 0. The Bertz CT molecular complexity index is 468. The summed E-state index contributed by atoms with van der Waals surface area (Å²) in [7, 11) is 0. The Hall–Kier alpha value is -1.55. The van der Waals surface area contributed by atoms with Crippen molar-refractivity contribution in [1.29, 1.82) is 0 Å². The molecule has 2 amide bonds. The fourth-order valence-corrected chi connectivity index (χ4v) is 3.26. The predicted octanol–water partition coefficient (Wildman–Crippen LogP) is 2.23. The molecule has 2 fully saturated rings. The van der Waals surface area contributed by atoms with Gasteiger partial charge in [0.05, 0.1) is 6.04 Å². The molecule has 0 spiro atoms. The zero-order valence-corrected chi connectivity index (χ0v) is 11.1. The van der Waals surface area contributed by atoms with E-state index in [2.05, 4.69) is 5.32 Å². The molecule has 0 bridgehead atoms. The number of nitrogens with two attached hydrogens (primary N) is 1. The number of anilines is 1. The minimum atomic E-state index is 0.0334. The van der Waals surface area contributed by atoms with Crippen molar-refractivity contribution in [3.8, 4) is 0 Å². The number of urea groups is 1. The van der Waals surface area contributed by atoms with Gasteiger partial charge < -0.3 is 11.1 Å². The fourth-order valence-electron chi connectivity index (χ4n) is 3.26. The molecule has 1 saturated carbocycles. The first-order valence-electron chi connectivity index (χ1n) is 7.15. The number of benzene rings is 1. The maximum atomic E-state index is 12.1. The first-order valence-corrected chi connectivity index (χ1v) is 7.15. The number of rotatable bonds is 3. The van der Waals surface area contributed by atoms with Crippen LogP contribution < -0.4 is 16.0 Å². The summed E-state index contributed by atoms with van der Waals surface area (Å²) in [6, 6.07) is 8.30. The van der Waals surface area contributed by atoms with Crippen LogP contribution in [0, 0.1) is 5.92 Å². The van der Waals surface area contributed by atoms with E-state index in [4.69, 9.17) is 5.73 Å². The van der Waals surface area contributed by atoms with E-state index in [0.29, 0.717) is 18.5 Å². The van der Waals surface area contributed by atoms with Gasteiger partial charge in [-0.1, -0.05) is 25.0 Å². The van der Waals surface area contributed by atoms with Gasteiger partial charge in [-0.25, -0.2) is 4.79 Å². The zero-order valence-electron chi connectivity index (χ0n) is 11.1. The third kappa shape index (κ3) is 2.45. The van der Waals surface area contributed by atoms with Gasteiger partial charge in [-0.3, -0.25) is 4.90 Å². The highest BCUT2D eigenvalue weighted by Gasteiger charge is 2.35. The number of hydrogen-bond donors (Lipinski definition) is 2. The zero-order chi connectivity index (χ0) is 13.2. The van der Waals surface area contributed by atoms with Crippen molar-refractivity contribution >= 4 is 11.7 Å². The first-order chi connectivity index (χ1) is 9.28. The lowest BCUT2D eigenvalue weighted by Crippen LogP contribution is -2.32. The number of hydrogen-bond acceptors (Lipinski definition) is 2.